The van der Waals surface area contributed by atoms with E-state index in [0.717, 1.165) is 34.1 Å². The Balaban J connectivity index is 1.33. The van der Waals surface area contributed by atoms with Crippen LogP contribution in [-0.2, 0) is 24.0 Å². The van der Waals surface area contributed by atoms with Gasteiger partial charge in [0, 0.05) is 36.9 Å². The molecule has 9 N–H and O–H groups in total. The second kappa shape index (κ2) is 12.8. The number of oxime groups is 1. The molecule has 4 heterocycles. The highest BCUT2D eigenvalue weighted by Gasteiger charge is 2.54. The summed E-state index contributed by atoms with van der Waals surface area (Å²) in [5, 5.41) is 51.1. The SMILES string of the molecule is CNc1nc2cc(O)c(O)cc2nc1C(=O)NCC1=C(C(=O)O)N2C(=O)C(NC(=O)/C(=N\OC(C)(C)C(=O)O)c3csc(N)n3)[C@@H]2SC1. The zero-order valence-corrected chi connectivity index (χ0v) is 26.8. The Kier molecular flexibility index (Phi) is 9.00. The number of rotatable bonds is 11. The predicted molar refractivity (Wildman–Crippen MR) is 170 cm³/mol. The molecular formula is C27H27N9O10S2. The highest BCUT2D eigenvalue weighted by molar-refractivity contribution is 8.00. The van der Waals surface area contributed by atoms with E-state index in [4.69, 9.17) is 10.6 Å². The van der Waals surface area contributed by atoms with Gasteiger partial charge in [-0.25, -0.2) is 24.5 Å². The van der Waals surface area contributed by atoms with Crippen molar-refractivity contribution < 1.29 is 49.2 Å². The molecule has 2 aromatic heterocycles. The number of fused-ring (bicyclic) bond motifs is 2. The summed E-state index contributed by atoms with van der Waals surface area (Å²) < 4.78 is 0. The number of carbonyl (C=O) groups is 5. The largest absolute Gasteiger partial charge is 0.504 e. The summed E-state index contributed by atoms with van der Waals surface area (Å²) in [6.45, 7) is 2.13. The maximum absolute atomic E-state index is 13.3. The minimum atomic E-state index is -1.81. The average molecular weight is 702 g/mol. The van der Waals surface area contributed by atoms with Crippen molar-refractivity contribution >= 4 is 80.5 Å². The molecule has 5 rings (SSSR count). The standard InChI is InChI=1S/C27H27N9O10S2/c1-27(2,25(44)45)46-35-15(12-8-48-26(28)33-12)21(40)34-17-22(41)36-18(24(42)43)9(7-47-23(17)36)6-30-20(39)16-19(29-3)32-11-5-14(38)13(37)4-10(11)31-16/h4-5,8,17,23,37-38H,6-7H2,1-3H3,(H2,28,33)(H,29,32)(H,30,39)(H,34,40)(H,42,43)(H,44,45)/b35-15-/t17?,23-/m0/s1. The van der Waals surface area contributed by atoms with Crippen molar-refractivity contribution in [1.82, 2.24) is 30.5 Å². The molecule has 1 fully saturated rings. The average Bonchev–Trinajstić information content (AvgIpc) is 3.47. The minimum Gasteiger partial charge on any atom is -0.504 e. The zero-order valence-electron chi connectivity index (χ0n) is 25.2. The van der Waals surface area contributed by atoms with E-state index in [-0.39, 0.29) is 56.9 Å². The third kappa shape index (κ3) is 6.31. The number of β-lactam (4-membered cyclic amide) rings is 1. The van der Waals surface area contributed by atoms with Crippen molar-refractivity contribution in [3.63, 3.8) is 0 Å². The van der Waals surface area contributed by atoms with E-state index in [2.05, 4.69) is 36.1 Å². The van der Waals surface area contributed by atoms with Gasteiger partial charge in [0.2, 0.25) is 5.60 Å². The Bertz CT molecular complexity index is 1940. The fraction of sp³-hybridized carbons (Fsp3) is 0.296. The molecule has 252 valence electrons. The Labute approximate surface area is 277 Å². The number of hydrogen-bond acceptors (Lipinski definition) is 16. The number of nitrogen functional groups attached to an aromatic ring is 1. The molecule has 1 aromatic carbocycles. The summed E-state index contributed by atoms with van der Waals surface area (Å²) in [7, 11) is 1.49. The molecule has 0 aliphatic carbocycles. The monoisotopic (exact) mass is 701 g/mol. The number of thiazole rings is 1. The van der Waals surface area contributed by atoms with Crippen molar-refractivity contribution in [1.29, 1.82) is 0 Å². The van der Waals surface area contributed by atoms with Gasteiger partial charge in [-0.05, 0) is 19.4 Å². The number of nitrogens with one attached hydrogen (secondary N) is 3. The number of nitrogens with zero attached hydrogens (tertiary/aromatic N) is 5. The van der Waals surface area contributed by atoms with Crippen LogP contribution in [0.1, 0.15) is 30.0 Å². The summed E-state index contributed by atoms with van der Waals surface area (Å²) in [5.41, 5.74) is 3.33. The topological polar surface area (TPSA) is 292 Å². The minimum absolute atomic E-state index is 0.0345. The lowest BCUT2D eigenvalue weighted by Gasteiger charge is -2.49. The Morgan fingerprint density at radius 1 is 1.12 bits per heavy atom. The Hall–Kier alpha value is -5.70. The molecule has 0 bridgehead atoms. The highest BCUT2D eigenvalue weighted by atomic mass is 32.2. The van der Waals surface area contributed by atoms with E-state index < -0.39 is 63.9 Å². The lowest BCUT2D eigenvalue weighted by atomic mass is 10.0. The van der Waals surface area contributed by atoms with Crippen molar-refractivity contribution in [3.05, 3.63) is 40.2 Å². The van der Waals surface area contributed by atoms with Gasteiger partial charge < -0.3 is 46.9 Å². The molecule has 1 unspecified atom stereocenters. The molecule has 19 nitrogen and oxygen atoms in total. The number of carbonyl (C=O) groups excluding carboxylic acids is 3. The van der Waals surface area contributed by atoms with E-state index in [1.165, 1.54) is 32.3 Å². The molecule has 0 spiro atoms. The van der Waals surface area contributed by atoms with Crippen LogP contribution >= 0.6 is 23.1 Å². The third-order valence-corrected chi connectivity index (χ3v) is 9.08. The van der Waals surface area contributed by atoms with Gasteiger partial charge in [-0.15, -0.1) is 23.1 Å². The fourth-order valence-corrected chi connectivity index (χ4v) is 6.41. The summed E-state index contributed by atoms with van der Waals surface area (Å²) >= 11 is 2.12. The normalized spacial score (nSPS) is 17.8. The van der Waals surface area contributed by atoms with E-state index in [1.807, 2.05) is 0 Å². The molecule has 21 heteroatoms. The van der Waals surface area contributed by atoms with E-state index in [0.29, 0.717) is 0 Å². The molecular weight excluding hydrogens is 674 g/mol. The van der Waals surface area contributed by atoms with Crippen LogP contribution in [0.3, 0.4) is 0 Å². The number of phenolic OH excluding ortho intramolecular Hbond substituents is 2. The number of aliphatic carboxylic acids is 2. The smallest absolute Gasteiger partial charge is 0.352 e. The van der Waals surface area contributed by atoms with Gasteiger partial charge in [-0.3, -0.25) is 19.3 Å². The van der Waals surface area contributed by atoms with Gasteiger partial charge in [0.1, 0.15) is 22.8 Å². The van der Waals surface area contributed by atoms with Gasteiger partial charge in [0.05, 0.1) is 11.0 Å². The first kappa shape index (κ1) is 33.7. The number of hydrogen-bond donors (Lipinski definition) is 8. The molecule has 3 aromatic rings. The maximum atomic E-state index is 13.3. The van der Waals surface area contributed by atoms with Gasteiger partial charge in [-0.1, -0.05) is 5.16 Å². The number of anilines is 2. The van der Waals surface area contributed by atoms with E-state index in [1.54, 1.807) is 0 Å². The number of thioether (sulfide) groups is 1. The summed E-state index contributed by atoms with van der Waals surface area (Å²) in [5.74, 6) is -6.04. The van der Waals surface area contributed by atoms with E-state index >= 15 is 0 Å². The Morgan fingerprint density at radius 2 is 1.79 bits per heavy atom. The second-order valence-electron chi connectivity index (χ2n) is 10.7. The Morgan fingerprint density at radius 3 is 2.38 bits per heavy atom. The predicted octanol–water partition coefficient (Wildman–Crippen LogP) is -0.126. The molecule has 3 amide bonds. The molecule has 2 atom stereocenters. The number of benzene rings is 1. The zero-order chi connectivity index (χ0) is 35.1. The number of nitrogens with two attached hydrogens (primary N) is 1. The number of amides is 3. The molecule has 2 aliphatic rings. The van der Waals surface area contributed by atoms with Crippen LogP contribution in [-0.4, -0.2) is 112 Å². The van der Waals surface area contributed by atoms with E-state index in [9.17, 15) is 44.4 Å². The van der Waals surface area contributed by atoms with Crippen LogP contribution in [0.4, 0.5) is 10.9 Å². The van der Waals surface area contributed by atoms with Gasteiger partial charge in [0.25, 0.3) is 17.7 Å². The second-order valence-corrected chi connectivity index (χ2v) is 12.7. The number of carboxylic acid groups (broad SMARTS) is 2. The summed E-state index contributed by atoms with van der Waals surface area (Å²) in [4.78, 5) is 82.0. The molecule has 0 radical (unpaired) electrons. The number of aromatic hydroxyl groups is 2. The van der Waals surface area contributed by atoms with Crippen molar-refractivity contribution in [2.24, 2.45) is 5.16 Å². The lowest BCUT2D eigenvalue weighted by Crippen LogP contribution is -2.71. The number of aromatic nitrogens is 3. The molecule has 48 heavy (non-hydrogen) atoms. The van der Waals surface area contributed by atoms with Gasteiger partial charge in [-0.2, -0.15) is 0 Å². The quantitative estimate of drug-likeness (QED) is 0.0559. The van der Waals surface area contributed by atoms with Crippen molar-refractivity contribution in [3.8, 4) is 11.5 Å². The highest BCUT2D eigenvalue weighted by Crippen LogP contribution is 2.40. The van der Waals surface area contributed by atoms with Crippen LogP contribution in [0.25, 0.3) is 11.0 Å². The number of carboxylic acids is 2. The summed E-state index contributed by atoms with van der Waals surface area (Å²) in [6.07, 6.45) is 0. The maximum Gasteiger partial charge on any atom is 0.352 e. The molecule has 1 saturated heterocycles. The van der Waals surface area contributed by atoms with Gasteiger partial charge >= 0.3 is 11.9 Å². The van der Waals surface area contributed by atoms with Crippen molar-refractivity contribution in [2.75, 3.05) is 30.4 Å². The first-order valence-corrected chi connectivity index (χ1v) is 15.7. The first-order chi connectivity index (χ1) is 22.6. The van der Waals surface area contributed by atoms with Crippen LogP contribution < -0.4 is 21.7 Å². The van der Waals surface area contributed by atoms with Crippen LogP contribution in [0.15, 0.2) is 33.9 Å². The van der Waals surface area contributed by atoms with Crippen LogP contribution in [0.2, 0.25) is 0 Å². The fourth-order valence-electron chi connectivity index (χ4n) is 4.51. The third-order valence-electron chi connectivity index (χ3n) is 7.07. The van der Waals surface area contributed by atoms with Crippen LogP contribution in [0, 0.1) is 0 Å². The van der Waals surface area contributed by atoms with Crippen LogP contribution in [0.5, 0.6) is 11.5 Å². The molecule has 0 saturated carbocycles. The van der Waals surface area contributed by atoms with Gasteiger partial charge in [0.15, 0.2) is 33.9 Å². The molecule has 2 aliphatic heterocycles. The lowest BCUT2D eigenvalue weighted by molar-refractivity contribution is -0.161. The summed E-state index contributed by atoms with van der Waals surface area (Å²) in [6, 6.07) is 1.12. The number of phenols is 2. The van der Waals surface area contributed by atoms with Crippen molar-refractivity contribution in [2.45, 2.75) is 30.9 Å². The first-order valence-electron chi connectivity index (χ1n) is 13.7.